The number of aromatic nitrogens is 1. The largest absolute Gasteiger partial charge is 0.339 e. The summed E-state index contributed by atoms with van der Waals surface area (Å²) in [5.41, 5.74) is 6.82. The lowest BCUT2D eigenvalue weighted by atomic mass is 9.85. The number of hydrogen-bond acceptors (Lipinski definition) is 5. The smallest absolute Gasteiger partial charge is 0.281 e. The second-order valence-electron chi connectivity index (χ2n) is 13.4. The number of nitrogens with one attached hydrogen (secondary N) is 2. The number of allylic oxidation sites excluding steroid dienone is 2. The van der Waals surface area contributed by atoms with Crippen molar-refractivity contribution in [3.8, 4) is 11.1 Å². The second-order valence-corrected chi connectivity index (χ2v) is 14.5. The molecule has 2 N–H and O–H groups in total. The first-order valence-corrected chi connectivity index (χ1v) is 17.3. The molecule has 0 saturated carbocycles. The van der Waals surface area contributed by atoms with Gasteiger partial charge in [0.2, 0.25) is 5.91 Å². The van der Waals surface area contributed by atoms with Gasteiger partial charge in [-0.2, -0.15) is 0 Å². The minimum absolute atomic E-state index is 0.0147. The lowest BCUT2D eigenvalue weighted by molar-refractivity contribution is -0.131. The summed E-state index contributed by atoms with van der Waals surface area (Å²) < 4.78 is 13.8. The number of anilines is 1. The molecule has 1 heterocycles. The maximum absolute atomic E-state index is 13.7. The Balaban J connectivity index is 1.35. The average molecular weight is 701 g/mol. The second kappa shape index (κ2) is 15.5. The average Bonchev–Trinajstić information content (AvgIpc) is 3.53. The Kier molecular flexibility index (Phi) is 11.1. The van der Waals surface area contributed by atoms with Crippen molar-refractivity contribution < 1.29 is 18.8 Å². The Hall–Kier alpha value is -5.67. The van der Waals surface area contributed by atoms with Gasteiger partial charge in [0.05, 0.1) is 10.2 Å². The molecule has 5 aromatic rings. The van der Waals surface area contributed by atoms with Crippen LogP contribution >= 0.6 is 11.3 Å². The first-order chi connectivity index (χ1) is 24.2. The Morgan fingerprint density at radius 1 is 0.922 bits per heavy atom. The van der Waals surface area contributed by atoms with Gasteiger partial charge in [0.1, 0.15) is 11.9 Å². The van der Waals surface area contributed by atoms with Crippen molar-refractivity contribution in [2.45, 2.75) is 39.2 Å². The highest BCUT2D eigenvalue weighted by atomic mass is 32.1. The molecule has 9 heteroatoms. The van der Waals surface area contributed by atoms with Crippen molar-refractivity contribution in [3.63, 3.8) is 0 Å². The van der Waals surface area contributed by atoms with E-state index in [2.05, 4.69) is 73.8 Å². The molecule has 7 nitrogen and oxygen atoms in total. The van der Waals surface area contributed by atoms with E-state index in [1.807, 2.05) is 31.2 Å². The van der Waals surface area contributed by atoms with Gasteiger partial charge in [-0.25, -0.2) is 9.37 Å². The molecule has 0 aliphatic heterocycles. The molecule has 0 aliphatic rings. The molecule has 1 aromatic heterocycles. The number of fused-ring (bicyclic) bond motifs is 1. The van der Waals surface area contributed by atoms with Crippen molar-refractivity contribution in [1.82, 2.24) is 15.2 Å². The number of likely N-dealkylation sites (N-methyl/N-ethyl adjacent to an activating group) is 1. The summed E-state index contributed by atoms with van der Waals surface area (Å²) in [7, 11) is 1.59. The number of carbonyl (C=O) groups excluding carboxylic acids is 3. The summed E-state index contributed by atoms with van der Waals surface area (Å²) in [6.07, 6.45) is 2.62. The van der Waals surface area contributed by atoms with Crippen LogP contribution in [-0.4, -0.2) is 41.2 Å². The molecular weight excluding hydrogens is 660 g/mol. The molecule has 0 spiro atoms. The molecule has 0 bridgehead atoms. The molecule has 0 radical (unpaired) electrons. The van der Waals surface area contributed by atoms with E-state index in [0.29, 0.717) is 32.6 Å². The summed E-state index contributed by atoms with van der Waals surface area (Å²) in [4.78, 5) is 46.8. The Labute approximate surface area is 302 Å². The minimum Gasteiger partial charge on any atom is -0.339 e. The van der Waals surface area contributed by atoms with Crippen molar-refractivity contribution >= 4 is 45.0 Å². The summed E-state index contributed by atoms with van der Waals surface area (Å²) in [6, 6.07) is 27.2. The molecule has 0 aliphatic carbocycles. The zero-order valence-corrected chi connectivity index (χ0v) is 30.2. The summed E-state index contributed by atoms with van der Waals surface area (Å²) in [5, 5.41) is 6.04. The van der Waals surface area contributed by atoms with Crippen LogP contribution in [0.2, 0.25) is 0 Å². The number of halogens is 1. The Morgan fingerprint density at radius 3 is 2.29 bits per heavy atom. The molecular formula is C42H41FN4O3S. The molecule has 0 unspecified atom stereocenters. The Bertz CT molecular complexity index is 2150. The van der Waals surface area contributed by atoms with Gasteiger partial charge >= 0.3 is 0 Å². The molecule has 4 aromatic carbocycles. The van der Waals surface area contributed by atoms with Gasteiger partial charge in [-0.05, 0) is 76.1 Å². The highest BCUT2D eigenvalue weighted by Crippen LogP contribution is 2.32. The number of hydrogen-bond donors (Lipinski definition) is 2. The standard InChI is InChI=1S/C42H41FN4O3S/c1-26(16-17-28(3)43)25-47(7)41(50)37(30-13-9-8-10-14-30)46-39(49)40-45-34-23-22-32(24-35(34)51-40)44-38(48)33-15-11-12-27(2)36(33)29-18-20-31(21-19-29)42(4,5)6/h8-24,37H,1,3,25H2,2,4-7H3,(H,44,48)(H,46,49)/b17-16-/t37-/m0/s1. The zero-order valence-electron chi connectivity index (χ0n) is 29.4. The lowest BCUT2D eigenvalue weighted by Crippen LogP contribution is -2.41. The van der Waals surface area contributed by atoms with Crippen LogP contribution in [0.3, 0.4) is 0 Å². The third kappa shape index (κ3) is 8.93. The van der Waals surface area contributed by atoms with Crippen LogP contribution < -0.4 is 10.6 Å². The number of amides is 3. The van der Waals surface area contributed by atoms with Crippen LogP contribution in [0.5, 0.6) is 0 Å². The highest BCUT2D eigenvalue weighted by molar-refractivity contribution is 7.20. The summed E-state index contributed by atoms with van der Waals surface area (Å²) in [6.45, 7) is 15.7. The molecule has 1 atom stereocenters. The number of benzene rings is 4. The predicted octanol–water partition coefficient (Wildman–Crippen LogP) is 9.35. The fourth-order valence-corrected chi connectivity index (χ4v) is 6.57. The van der Waals surface area contributed by atoms with Crippen LogP contribution in [0.4, 0.5) is 10.1 Å². The first-order valence-electron chi connectivity index (χ1n) is 16.4. The van der Waals surface area contributed by atoms with E-state index in [1.165, 1.54) is 22.6 Å². The SMILES string of the molecule is C=C(F)/C=C\C(=C)CN(C)C(=O)[C@@H](NC(=O)c1nc2ccc(NC(=O)c3cccc(C)c3-c3ccc(C(C)(C)C)cc3)cc2s1)c1ccccc1. The van der Waals surface area contributed by atoms with Crippen LogP contribution in [0.15, 0.2) is 128 Å². The fraction of sp³-hybridized carbons (Fsp3) is 0.190. The van der Waals surface area contributed by atoms with Gasteiger partial charge in [-0.1, -0.05) is 107 Å². The van der Waals surface area contributed by atoms with E-state index in [1.54, 1.807) is 49.5 Å². The van der Waals surface area contributed by atoms with E-state index in [-0.39, 0.29) is 28.8 Å². The summed E-state index contributed by atoms with van der Waals surface area (Å²) >= 11 is 1.16. The maximum atomic E-state index is 13.7. The van der Waals surface area contributed by atoms with Crippen molar-refractivity contribution in [2.75, 3.05) is 18.9 Å². The summed E-state index contributed by atoms with van der Waals surface area (Å²) in [5.74, 6) is -1.78. The molecule has 260 valence electrons. The first kappa shape index (κ1) is 36.6. The van der Waals surface area contributed by atoms with Gasteiger partial charge in [0.25, 0.3) is 11.8 Å². The third-order valence-corrected chi connectivity index (χ3v) is 9.39. The number of nitrogens with zero attached hydrogens (tertiary/aromatic N) is 2. The number of rotatable bonds is 11. The van der Waals surface area contributed by atoms with Gasteiger partial charge in [-0.3, -0.25) is 14.4 Å². The third-order valence-electron chi connectivity index (χ3n) is 8.37. The van der Waals surface area contributed by atoms with E-state index in [4.69, 9.17) is 0 Å². The number of carbonyl (C=O) groups is 3. The minimum atomic E-state index is -1.01. The van der Waals surface area contributed by atoms with Crippen LogP contribution in [0.25, 0.3) is 21.3 Å². The highest BCUT2D eigenvalue weighted by Gasteiger charge is 2.28. The van der Waals surface area contributed by atoms with E-state index >= 15 is 0 Å². The van der Waals surface area contributed by atoms with Gasteiger partial charge in [0, 0.05) is 24.8 Å². The quantitative estimate of drug-likeness (QED) is 0.134. The molecule has 51 heavy (non-hydrogen) atoms. The fourth-order valence-electron chi connectivity index (χ4n) is 5.66. The van der Waals surface area contributed by atoms with Crippen molar-refractivity contribution in [3.05, 3.63) is 155 Å². The van der Waals surface area contributed by atoms with Crippen LogP contribution in [-0.2, 0) is 10.2 Å². The van der Waals surface area contributed by atoms with E-state index < -0.39 is 17.8 Å². The van der Waals surface area contributed by atoms with Gasteiger partial charge in [-0.15, -0.1) is 11.3 Å². The van der Waals surface area contributed by atoms with Crippen molar-refractivity contribution in [1.29, 1.82) is 0 Å². The van der Waals surface area contributed by atoms with Gasteiger partial charge < -0.3 is 15.5 Å². The molecule has 5 rings (SSSR count). The van der Waals surface area contributed by atoms with Gasteiger partial charge in [0.15, 0.2) is 5.01 Å². The van der Waals surface area contributed by atoms with Crippen LogP contribution in [0, 0.1) is 6.92 Å². The number of aryl methyl sites for hydroxylation is 1. The predicted molar refractivity (Wildman–Crippen MR) is 206 cm³/mol. The van der Waals surface area contributed by atoms with Crippen LogP contribution in [0.1, 0.15) is 63.7 Å². The monoisotopic (exact) mass is 700 g/mol. The lowest BCUT2D eigenvalue weighted by Gasteiger charge is -2.25. The normalized spacial score (nSPS) is 12.0. The molecule has 0 fully saturated rings. The Morgan fingerprint density at radius 2 is 1.63 bits per heavy atom. The molecule has 3 amide bonds. The molecule has 0 saturated heterocycles. The topological polar surface area (TPSA) is 91.4 Å². The number of thiazole rings is 1. The van der Waals surface area contributed by atoms with E-state index in [0.717, 1.165) is 28.0 Å². The van der Waals surface area contributed by atoms with Crippen molar-refractivity contribution in [2.24, 2.45) is 0 Å². The zero-order chi connectivity index (χ0) is 36.9. The van der Waals surface area contributed by atoms with E-state index in [9.17, 15) is 18.8 Å². The maximum Gasteiger partial charge on any atom is 0.281 e.